The maximum atomic E-state index is 12.6. The molecule has 1 aliphatic heterocycles. The maximum Gasteiger partial charge on any atom is 0.256 e. The minimum Gasteiger partial charge on any atom is -0.347 e. The second-order valence-electron chi connectivity index (χ2n) is 5.29. The second-order valence-corrected chi connectivity index (χ2v) is 5.68. The van der Waals surface area contributed by atoms with E-state index in [9.17, 15) is 4.79 Å². The van der Waals surface area contributed by atoms with Gasteiger partial charge in [-0.2, -0.15) is 0 Å². The van der Waals surface area contributed by atoms with Gasteiger partial charge in [0.1, 0.15) is 6.04 Å². The van der Waals surface area contributed by atoms with Crippen molar-refractivity contribution in [1.29, 1.82) is 0 Å². The van der Waals surface area contributed by atoms with Gasteiger partial charge in [0, 0.05) is 6.04 Å². The van der Waals surface area contributed by atoms with E-state index >= 15 is 0 Å². The zero-order valence-corrected chi connectivity index (χ0v) is 11.7. The van der Waals surface area contributed by atoms with Gasteiger partial charge in [0.2, 0.25) is 0 Å². The van der Waals surface area contributed by atoms with Crippen molar-refractivity contribution in [2.75, 3.05) is 0 Å². The van der Waals surface area contributed by atoms with E-state index in [2.05, 4.69) is 5.32 Å². The standard InChI is InChI=1S/C15H18N2OS/c18-14-13(11-7-3-1-4-8-11)16-15(19)17(14)12-9-5-2-6-10-12/h1,3-4,7-8,12-13H,2,5-6,9-10H2,(H,16,19)/t13-/m1/s1. The van der Waals surface area contributed by atoms with Crippen LogP contribution in [0.15, 0.2) is 30.3 Å². The highest BCUT2D eigenvalue weighted by molar-refractivity contribution is 7.80. The highest BCUT2D eigenvalue weighted by Gasteiger charge is 2.40. The first-order valence-corrected chi connectivity index (χ1v) is 7.37. The first kappa shape index (κ1) is 12.6. The Balaban J connectivity index is 1.81. The summed E-state index contributed by atoms with van der Waals surface area (Å²) in [5, 5.41) is 3.78. The number of nitrogens with zero attached hydrogens (tertiary/aromatic N) is 1. The van der Waals surface area contributed by atoms with Gasteiger partial charge in [-0.25, -0.2) is 0 Å². The van der Waals surface area contributed by atoms with Crippen molar-refractivity contribution in [3.63, 3.8) is 0 Å². The number of amides is 1. The largest absolute Gasteiger partial charge is 0.347 e. The molecule has 2 fully saturated rings. The molecule has 100 valence electrons. The highest BCUT2D eigenvalue weighted by atomic mass is 32.1. The van der Waals surface area contributed by atoms with Gasteiger partial charge in [-0.15, -0.1) is 0 Å². The minimum atomic E-state index is -0.296. The topological polar surface area (TPSA) is 32.3 Å². The quantitative estimate of drug-likeness (QED) is 0.842. The van der Waals surface area contributed by atoms with E-state index in [4.69, 9.17) is 12.2 Å². The van der Waals surface area contributed by atoms with E-state index in [0.717, 1.165) is 18.4 Å². The molecule has 1 N–H and O–H groups in total. The van der Waals surface area contributed by atoms with E-state index in [-0.39, 0.29) is 11.9 Å². The molecule has 1 saturated carbocycles. The molecule has 1 amide bonds. The lowest BCUT2D eigenvalue weighted by molar-refractivity contribution is -0.129. The Morgan fingerprint density at radius 2 is 1.79 bits per heavy atom. The molecule has 0 spiro atoms. The predicted molar refractivity (Wildman–Crippen MR) is 78.6 cm³/mol. The Hall–Kier alpha value is -1.42. The van der Waals surface area contributed by atoms with Gasteiger partial charge in [-0.05, 0) is 30.6 Å². The molecule has 1 aromatic carbocycles. The zero-order valence-electron chi connectivity index (χ0n) is 10.8. The summed E-state index contributed by atoms with van der Waals surface area (Å²) < 4.78 is 0. The Morgan fingerprint density at radius 1 is 1.11 bits per heavy atom. The molecule has 2 aliphatic rings. The monoisotopic (exact) mass is 274 g/mol. The Bertz CT molecular complexity index is 482. The van der Waals surface area contributed by atoms with Crippen LogP contribution in [0.1, 0.15) is 43.7 Å². The molecule has 0 aromatic heterocycles. The van der Waals surface area contributed by atoms with Gasteiger partial charge in [0.05, 0.1) is 0 Å². The molecule has 0 bridgehead atoms. The molecular weight excluding hydrogens is 256 g/mol. The third-order valence-electron chi connectivity index (χ3n) is 4.04. The van der Waals surface area contributed by atoms with E-state index < -0.39 is 0 Å². The fourth-order valence-electron chi connectivity index (χ4n) is 3.05. The molecule has 0 unspecified atom stereocenters. The van der Waals surface area contributed by atoms with Crippen LogP contribution in [0.5, 0.6) is 0 Å². The van der Waals surface area contributed by atoms with Crippen molar-refractivity contribution in [1.82, 2.24) is 10.2 Å². The van der Waals surface area contributed by atoms with Gasteiger partial charge < -0.3 is 5.32 Å². The van der Waals surface area contributed by atoms with Crippen LogP contribution >= 0.6 is 12.2 Å². The Kier molecular flexibility index (Phi) is 3.51. The van der Waals surface area contributed by atoms with Crippen molar-refractivity contribution < 1.29 is 4.79 Å². The first-order valence-electron chi connectivity index (χ1n) is 6.96. The smallest absolute Gasteiger partial charge is 0.256 e. The molecular formula is C15H18N2OS. The minimum absolute atomic E-state index is 0.114. The normalized spacial score (nSPS) is 24.6. The van der Waals surface area contributed by atoms with Crippen LogP contribution in [0.2, 0.25) is 0 Å². The fourth-order valence-corrected chi connectivity index (χ4v) is 3.41. The van der Waals surface area contributed by atoms with E-state index in [0.29, 0.717) is 11.2 Å². The summed E-state index contributed by atoms with van der Waals surface area (Å²) >= 11 is 5.37. The Labute approximate surface area is 119 Å². The van der Waals surface area contributed by atoms with Crippen molar-refractivity contribution in [3.05, 3.63) is 35.9 Å². The highest BCUT2D eigenvalue weighted by Crippen LogP contribution is 2.29. The SMILES string of the molecule is O=C1[C@@H](c2ccccc2)NC(=S)N1C1CCCCC1. The number of rotatable bonds is 2. The molecule has 4 heteroatoms. The summed E-state index contributed by atoms with van der Waals surface area (Å²) in [5.41, 5.74) is 0.994. The number of carbonyl (C=O) groups excluding carboxylic acids is 1. The van der Waals surface area contributed by atoms with Crippen LogP contribution in [-0.2, 0) is 4.79 Å². The van der Waals surface area contributed by atoms with Crippen LogP contribution < -0.4 is 5.32 Å². The number of carbonyl (C=O) groups is 1. The fraction of sp³-hybridized carbons (Fsp3) is 0.467. The van der Waals surface area contributed by atoms with Crippen LogP contribution in [0.25, 0.3) is 0 Å². The molecule has 3 nitrogen and oxygen atoms in total. The molecule has 0 radical (unpaired) electrons. The second kappa shape index (κ2) is 5.29. The molecule has 19 heavy (non-hydrogen) atoms. The molecule has 1 atom stereocenters. The lowest BCUT2D eigenvalue weighted by atomic mass is 9.94. The first-order chi connectivity index (χ1) is 9.27. The van der Waals surface area contributed by atoms with Crippen LogP contribution in [0.3, 0.4) is 0 Å². The van der Waals surface area contributed by atoms with Crippen molar-refractivity contribution >= 4 is 23.2 Å². The molecule has 1 aromatic rings. The van der Waals surface area contributed by atoms with E-state index in [1.165, 1.54) is 19.3 Å². The number of benzene rings is 1. The summed E-state index contributed by atoms with van der Waals surface area (Å²) in [6.45, 7) is 0. The van der Waals surface area contributed by atoms with Gasteiger partial charge in [-0.3, -0.25) is 9.69 Å². The number of hydrogen-bond acceptors (Lipinski definition) is 2. The average Bonchev–Trinajstić information content (AvgIpc) is 2.76. The lowest BCUT2D eigenvalue weighted by Gasteiger charge is -2.30. The zero-order chi connectivity index (χ0) is 13.2. The van der Waals surface area contributed by atoms with Gasteiger partial charge >= 0.3 is 0 Å². The van der Waals surface area contributed by atoms with Crippen LogP contribution in [0, 0.1) is 0 Å². The van der Waals surface area contributed by atoms with Crippen LogP contribution in [-0.4, -0.2) is 22.0 Å². The Morgan fingerprint density at radius 3 is 2.47 bits per heavy atom. The molecule has 1 saturated heterocycles. The average molecular weight is 274 g/mol. The third kappa shape index (κ3) is 2.37. The summed E-state index contributed by atoms with van der Waals surface area (Å²) in [5.74, 6) is 0.114. The number of thiocarbonyl (C=S) groups is 1. The van der Waals surface area contributed by atoms with Gasteiger partial charge in [-0.1, -0.05) is 49.6 Å². The van der Waals surface area contributed by atoms with Gasteiger partial charge in [0.25, 0.3) is 5.91 Å². The van der Waals surface area contributed by atoms with Crippen molar-refractivity contribution in [2.24, 2.45) is 0 Å². The van der Waals surface area contributed by atoms with Crippen LogP contribution in [0.4, 0.5) is 0 Å². The summed E-state index contributed by atoms with van der Waals surface area (Å²) in [7, 11) is 0. The van der Waals surface area contributed by atoms with Crippen molar-refractivity contribution in [3.8, 4) is 0 Å². The maximum absolute atomic E-state index is 12.6. The lowest BCUT2D eigenvalue weighted by Crippen LogP contribution is -2.41. The summed E-state index contributed by atoms with van der Waals surface area (Å²) in [6, 6.07) is 9.82. The number of nitrogens with one attached hydrogen (secondary N) is 1. The molecule has 1 aliphatic carbocycles. The molecule has 3 rings (SSSR count). The van der Waals surface area contributed by atoms with Gasteiger partial charge in [0.15, 0.2) is 5.11 Å². The third-order valence-corrected chi connectivity index (χ3v) is 4.36. The molecule has 1 heterocycles. The van der Waals surface area contributed by atoms with Crippen molar-refractivity contribution in [2.45, 2.75) is 44.2 Å². The summed E-state index contributed by atoms with van der Waals surface area (Å²) in [4.78, 5) is 14.4. The summed E-state index contributed by atoms with van der Waals surface area (Å²) in [6.07, 6.45) is 5.84. The van der Waals surface area contributed by atoms with E-state index in [1.807, 2.05) is 35.2 Å². The predicted octanol–water partition coefficient (Wildman–Crippen LogP) is 2.78. The van der Waals surface area contributed by atoms with E-state index in [1.54, 1.807) is 0 Å². The number of hydrogen-bond donors (Lipinski definition) is 1.